The number of fused-ring (bicyclic) bond motifs is 1. The van der Waals surface area contributed by atoms with E-state index in [1.54, 1.807) is 37.4 Å². The SMILES string of the molecule is Cc1cc(C)cc(OCCN(C)C(=O)c2cccc(S(=O)(=O)NCc3ccc4c(c3)OCO4)c2)c1. The van der Waals surface area contributed by atoms with Crippen molar-refractivity contribution in [1.82, 2.24) is 9.62 Å². The van der Waals surface area contributed by atoms with Crippen LogP contribution in [0.15, 0.2) is 65.6 Å². The summed E-state index contributed by atoms with van der Waals surface area (Å²) in [4.78, 5) is 14.4. The van der Waals surface area contributed by atoms with E-state index in [0.717, 1.165) is 22.4 Å². The first kappa shape index (κ1) is 24.6. The van der Waals surface area contributed by atoms with Gasteiger partial charge in [0.1, 0.15) is 12.4 Å². The monoisotopic (exact) mass is 496 g/mol. The fourth-order valence-corrected chi connectivity index (χ4v) is 4.81. The van der Waals surface area contributed by atoms with Gasteiger partial charge in [0.05, 0.1) is 11.4 Å². The van der Waals surface area contributed by atoms with Gasteiger partial charge in [-0.15, -0.1) is 0 Å². The van der Waals surface area contributed by atoms with Crippen molar-refractivity contribution in [2.24, 2.45) is 0 Å². The number of rotatable bonds is 9. The van der Waals surface area contributed by atoms with Gasteiger partial charge < -0.3 is 19.1 Å². The van der Waals surface area contributed by atoms with Crippen LogP contribution in [0.3, 0.4) is 0 Å². The van der Waals surface area contributed by atoms with Crippen molar-refractivity contribution in [1.29, 1.82) is 0 Å². The second kappa shape index (κ2) is 10.4. The van der Waals surface area contributed by atoms with Crippen LogP contribution in [-0.2, 0) is 16.6 Å². The molecule has 8 nitrogen and oxygen atoms in total. The number of hydrogen-bond acceptors (Lipinski definition) is 6. The number of carbonyl (C=O) groups is 1. The van der Waals surface area contributed by atoms with Crippen molar-refractivity contribution in [3.05, 3.63) is 82.9 Å². The summed E-state index contributed by atoms with van der Waals surface area (Å²) in [5, 5.41) is 0. The van der Waals surface area contributed by atoms with Gasteiger partial charge in [0.15, 0.2) is 11.5 Å². The van der Waals surface area contributed by atoms with Gasteiger partial charge in [-0.05, 0) is 73.0 Å². The lowest BCUT2D eigenvalue weighted by Gasteiger charge is -2.18. The molecule has 0 bridgehead atoms. The summed E-state index contributed by atoms with van der Waals surface area (Å²) in [7, 11) is -2.17. The predicted octanol–water partition coefficient (Wildman–Crippen LogP) is 3.66. The maximum Gasteiger partial charge on any atom is 0.253 e. The molecule has 0 aromatic heterocycles. The van der Waals surface area contributed by atoms with E-state index in [0.29, 0.717) is 24.7 Å². The van der Waals surface area contributed by atoms with E-state index in [1.807, 2.05) is 26.0 Å². The van der Waals surface area contributed by atoms with Crippen LogP contribution in [0.4, 0.5) is 0 Å². The number of benzene rings is 3. The molecule has 0 radical (unpaired) electrons. The molecule has 3 aromatic carbocycles. The van der Waals surface area contributed by atoms with Crippen molar-refractivity contribution in [2.75, 3.05) is 27.0 Å². The van der Waals surface area contributed by atoms with Crippen molar-refractivity contribution in [3.8, 4) is 17.2 Å². The molecule has 0 unspecified atom stereocenters. The molecular formula is C26H28N2O6S. The summed E-state index contributed by atoms with van der Waals surface area (Å²) in [6, 6.07) is 17.2. The molecule has 1 N–H and O–H groups in total. The van der Waals surface area contributed by atoms with Crippen molar-refractivity contribution in [3.63, 3.8) is 0 Å². The highest BCUT2D eigenvalue weighted by atomic mass is 32.2. The lowest BCUT2D eigenvalue weighted by atomic mass is 10.1. The number of carbonyl (C=O) groups excluding carboxylic acids is 1. The van der Waals surface area contributed by atoms with E-state index >= 15 is 0 Å². The minimum absolute atomic E-state index is 0.0176. The molecule has 1 aliphatic heterocycles. The van der Waals surface area contributed by atoms with Crippen LogP contribution >= 0.6 is 0 Å². The standard InChI is InChI=1S/C26H28N2O6S/c1-18-11-19(2)13-22(12-18)32-10-9-28(3)26(29)21-5-4-6-23(15-21)35(30,31)27-16-20-7-8-24-25(14-20)34-17-33-24/h4-8,11-15,27H,9-10,16-17H2,1-3H3. The number of likely N-dealkylation sites (N-methyl/N-ethyl adjacent to an activating group) is 1. The van der Waals surface area contributed by atoms with Gasteiger partial charge in [-0.25, -0.2) is 13.1 Å². The lowest BCUT2D eigenvalue weighted by Crippen LogP contribution is -2.31. The first-order valence-electron chi connectivity index (χ1n) is 11.2. The van der Waals surface area contributed by atoms with Gasteiger partial charge in [-0.1, -0.05) is 18.2 Å². The Hall–Kier alpha value is -3.56. The molecular weight excluding hydrogens is 468 g/mol. The molecule has 0 saturated heterocycles. The van der Waals surface area contributed by atoms with Crippen LogP contribution in [0.5, 0.6) is 17.2 Å². The normalized spacial score (nSPS) is 12.4. The van der Waals surface area contributed by atoms with Gasteiger partial charge >= 0.3 is 0 Å². The topological polar surface area (TPSA) is 94.2 Å². The molecule has 35 heavy (non-hydrogen) atoms. The average Bonchev–Trinajstić information content (AvgIpc) is 3.30. The molecule has 0 atom stereocenters. The zero-order valence-corrected chi connectivity index (χ0v) is 20.7. The minimum atomic E-state index is -3.83. The second-order valence-corrected chi connectivity index (χ2v) is 10.2. The van der Waals surface area contributed by atoms with Gasteiger partial charge in [0, 0.05) is 19.2 Å². The van der Waals surface area contributed by atoms with Crippen molar-refractivity contribution in [2.45, 2.75) is 25.3 Å². The largest absolute Gasteiger partial charge is 0.492 e. The van der Waals surface area contributed by atoms with Crippen LogP contribution in [-0.4, -0.2) is 46.2 Å². The molecule has 0 spiro atoms. The molecule has 3 aromatic rings. The molecule has 0 fully saturated rings. The number of ether oxygens (including phenoxy) is 3. The quantitative estimate of drug-likeness (QED) is 0.486. The first-order chi connectivity index (χ1) is 16.7. The molecule has 1 aliphatic rings. The van der Waals surface area contributed by atoms with Gasteiger partial charge in [0.25, 0.3) is 5.91 Å². The van der Waals surface area contributed by atoms with Gasteiger partial charge in [0.2, 0.25) is 16.8 Å². The molecule has 184 valence electrons. The van der Waals surface area contributed by atoms with Crippen molar-refractivity contribution >= 4 is 15.9 Å². The number of aryl methyl sites for hydroxylation is 2. The van der Waals surface area contributed by atoms with E-state index in [1.165, 1.54) is 17.0 Å². The Morgan fingerprint density at radius 1 is 1.00 bits per heavy atom. The van der Waals surface area contributed by atoms with E-state index in [2.05, 4.69) is 10.8 Å². The number of amides is 1. The van der Waals surface area contributed by atoms with Crippen molar-refractivity contribution < 1.29 is 27.4 Å². The Labute approximate surface area is 205 Å². The molecule has 1 heterocycles. The van der Waals surface area contributed by atoms with E-state index in [9.17, 15) is 13.2 Å². The van der Waals surface area contributed by atoms with Crippen LogP contribution < -0.4 is 18.9 Å². The molecule has 1 amide bonds. The number of sulfonamides is 1. The summed E-state index contributed by atoms with van der Waals surface area (Å²) in [5.41, 5.74) is 3.22. The summed E-state index contributed by atoms with van der Waals surface area (Å²) in [6.07, 6.45) is 0. The maximum absolute atomic E-state index is 12.9. The Kier molecular flexibility index (Phi) is 7.28. The molecule has 0 aliphatic carbocycles. The fraction of sp³-hybridized carbons (Fsp3) is 0.269. The maximum atomic E-state index is 12.9. The zero-order valence-electron chi connectivity index (χ0n) is 19.9. The van der Waals surface area contributed by atoms with Crippen LogP contribution in [0.1, 0.15) is 27.0 Å². The molecule has 9 heteroatoms. The lowest BCUT2D eigenvalue weighted by molar-refractivity contribution is 0.0773. The highest BCUT2D eigenvalue weighted by molar-refractivity contribution is 7.89. The third-order valence-electron chi connectivity index (χ3n) is 5.53. The summed E-state index contributed by atoms with van der Waals surface area (Å²) < 4.78 is 44.7. The van der Waals surface area contributed by atoms with E-state index in [4.69, 9.17) is 14.2 Å². The summed E-state index contributed by atoms with van der Waals surface area (Å²) in [6.45, 7) is 4.90. The number of hydrogen-bond donors (Lipinski definition) is 1. The van der Waals surface area contributed by atoms with Crippen LogP contribution in [0, 0.1) is 13.8 Å². The van der Waals surface area contributed by atoms with E-state index in [-0.39, 0.29) is 29.7 Å². The van der Waals surface area contributed by atoms with E-state index < -0.39 is 10.0 Å². The highest BCUT2D eigenvalue weighted by Gasteiger charge is 2.19. The highest BCUT2D eigenvalue weighted by Crippen LogP contribution is 2.32. The Morgan fingerprint density at radius 2 is 1.74 bits per heavy atom. The third-order valence-corrected chi connectivity index (χ3v) is 6.93. The average molecular weight is 497 g/mol. The second-order valence-electron chi connectivity index (χ2n) is 8.44. The third kappa shape index (κ3) is 6.12. The molecule has 0 saturated carbocycles. The first-order valence-corrected chi connectivity index (χ1v) is 12.6. The number of nitrogens with zero attached hydrogens (tertiary/aromatic N) is 1. The number of nitrogens with one attached hydrogen (secondary N) is 1. The Balaban J connectivity index is 1.36. The van der Waals surface area contributed by atoms with Gasteiger partial charge in [-0.3, -0.25) is 4.79 Å². The molecule has 4 rings (SSSR count). The van der Waals surface area contributed by atoms with Gasteiger partial charge in [-0.2, -0.15) is 0 Å². The Morgan fingerprint density at radius 3 is 2.51 bits per heavy atom. The Bertz CT molecular complexity index is 1320. The zero-order chi connectivity index (χ0) is 25.0. The smallest absolute Gasteiger partial charge is 0.253 e. The summed E-state index contributed by atoms with van der Waals surface area (Å²) >= 11 is 0. The summed E-state index contributed by atoms with van der Waals surface area (Å²) in [5.74, 6) is 1.68. The minimum Gasteiger partial charge on any atom is -0.492 e. The van der Waals surface area contributed by atoms with Crippen LogP contribution in [0.2, 0.25) is 0 Å². The van der Waals surface area contributed by atoms with Crippen LogP contribution in [0.25, 0.3) is 0 Å². The fourth-order valence-electron chi connectivity index (χ4n) is 3.75. The predicted molar refractivity (Wildman–Crippen MR) is 131 cm³/mol.